The lowest BCUT2D eigenvalue weighted by Crippen LogP contribution is -2.45. The van der Waals surface area contributed by atoms with Gasteiger partial charge in [-0.05, 0) is 12.1 Å². The van der Waals surface area contributed by atoms with Gasteiger partial charge in [-0.25, -0.2) is 4.79 Å². The number of alkyl halides is 2. The summed E-state index contributed by atoms with van der Waals surface area (Å²) in [6, 6.07) is 13.0. The first-order chi connectivity index (χ1) is 15.3. The Morgan fingerprint density at radius 3 is 2.75 bits per heavy atom. The number of rotatable bonds is 4. The average Bonchev–Trinajstić information content (AvgIpc) is 3.29. The van der Waals surface area contributed by atoms with E-state index in [9.17, 15) is 18.7 Å². The monoisotopic (exact) mass is 444 g/mol. The third kappa shape index (κ3) is 3.57. The number of nitrogens with two attached hydrogens (primary N) is 1. The van der Waals surface area contributed by atoms with Crippen LogP contribution in [0.2, 0.25) is 0 Å². The molecule has 0 aliphatic carbocycles. The zero-order valence-electron chi connectivity index (χ0n) is 17.0. The van der Waals surface area contributed by atoms with E-state index in [1.165, 1.54) is 6.07 Å². The van der Waals surface area contributed by atoms with Crippen molar-refractivity contribution in [1.29, 1.82) is 0 Å². The highest BCUT2D eigenvalue weighted by Gasteiger charge is 2.59. The lowest BCUT2D eigenvalue weighted by Gasteiger charge is -2.30. The third-order valence-corrected chi connectivity index (χ3v) is 5.87. The van der Waals surface area contributed by atoms with Crippen molar-refractivity contribution < 1.29 is 18.6 Å². The zero-order chi connectivity index (χ0) is 22.5. The van der Waals surface area contributed by atoms with E-state index in [-0.39, 0.29) is 12.4 Å². The van der Waals surface area contributed by atoms with E-state index in [4.69, 9.17) is 10.5 Å². The first-order valence-corrected chi connectivity index (χ1v) is 10.2. The standard InChI is InChI=1S/C21H22F2N6O3/c22-21(23)18(30)16(32-19(21)28-7-6-17(24)25-20(28)31)12-27-8-9-29-14(11-27)10-15(26-29)13-4-2-1-3-5-13/h1-7,10,16,18-19,30H,8-9,11-12H2,(H2,24,25,31)/t16-,18-,19-/m1/s1. The van der Waals surface area contributed by atoms with Gasteiger partial charge in [0, 0.05) is 31.4 Å². The van der Waals surface area contributed by atoms with Gasteiger partial charge in [-0.2, -0.15) is 18.9 Å². The van der Waals surface area contributed by atoms with Gasteiger partial charge < -0.3 is 15.6 Å². The molecule has 0 unspecified atom stereocenters. The number of hydrogen-bond acceptors (Lipinski definition) is 7. The second-order valence-electron chi connectivity index (χ2n) is 8.03. The molecule has 4 heterocycles. The Balaban J connectivity index is 1.32. The minimum atomic E-state index is -3.66. The molecular formula is C21H22F2N6O3. The van der Waals surface area contributed by atoms with Crippen molar-refractivity contribution in [2.75, 3.05) is 18.8 Å². The van der Waals surface area contributed by atoms with Crippen LogP contribution in [0.1, 0.15) is 11.9 Å². The van der Waals surface area contributed by atoms with Crippen LogP contribution in [0.4, 0.5) is 14.6 Å². The Morgan fingerprint density at radius 2 is 2.00 bits per heavy atom. The summed E-state index contributed by atoms with van der Waals surface area (Å²) >= 11 is 0. The topological polar surface area (TPSA) is 111 Å². The molecule has 1 aromatic carbocycles. The predicted molar refractivity (Wildman–Crippen MR) is 111 cm³/mol. The molecule has 3 aromatic rings. The molecule has 2 aliphatic rings. The first-order valence-electron chi connectivity index (χ1n) is 10.2. The van der Waals surface area contributed by atoms with Gasteiger partial charge >= 0.3 is 11.6 Å². The van der Waals surface area contributed by atoms with E-state index >= 15 is 0 Å². The van der Waals surface area contributed by atoms with Crippen molar-refractivity contribution >= 4 is 5.82 Å². The van der Waals surface area contributed by atoms with E-state index in [1.54, 1.807) is 0 Å². The predicted octanol–water partition coefficient (Wildman–Crippen LogP) is 1.10. The summed E-state index contributed by atoms with van der Waals surface area (Å²) < 4.78 is 37.6. The summed E-state index contributed by atoms with van der Waals surface area (Å²) in [5, 5.41) is 14.9. The molecule has 32 heavy (non-hydrogen) atoms. The number of nitrogens with zero attached hydrogens (tertiary/aromatic N) is 5. The molecule has 11 heteroatoms. The van der Waals surface area contributed by atoms with Crippen LogP contribution in [0.15, 0.2) is 53.5 Å². The SMILES string of the molecule is Nc1ccn([C@@H]2O[C@H](CN3CCn4nc(-c5ccccc5)cc4C3)[C@@H](O)C2(F)F)c(=O)n1. The van der Waals surface area contributed by atoms with Gasteiger partial charge in [0.15, 0.2) is 0 Å². The van der Waals surface area contributed by atoms with Gasteiger partial charge in [0.05, 0.1) is 17.9 Å². The summed E-state index contributed by atoms with van der Waals surface area (Å²) in [6.07, 6.45) is -4.10. The summed E-state index contributed by atoms with van der Waals surface area (Å²) in [5.41, 5.74) is 7.27. The molecule has 1 fully saturated rings. The number of aliphatic hydroxyl groups excluding tert-OH is 1. The molecule has 0 spiro atoms. The number of halogens is 2. The summed E-state index contributed by atoms with van der Waals surface area (Å²) in [5.74, 6) is -3.74. The number of ether oxygens (including phenoxy) is 1. The minimum Gasteiger partial charge on any atom is -0.384 e. The van der Waals surface area contributed by atoms with Crippen molar-refractivity contribution in [3.63, 3.8) is 0 Å². The summed E-state index contributed by atoms with van der Waals surface area (Å²) in [7, 11) is 0. The summed E-state index contributed by atoms with van der Waals surface area (Å²) in [6.45, 7) is 1.71. The molecule has 2 aromatic heterocycles. The van der Waals surface area contributed by atoms with Crippen LogP contribution in [0.3, 0.4) is 0 Å². The molecule has 168 valence electrons. The molecule has 3 atom stereocenters. The molecule has 2 aliphatic heterocycles. The fourth-order valence-electron chi connectivity index (χ4n) is 4.20. The van der Waals surface area contributed by atoms with Crippen LogP contribution in [0.5, 0.6) is 0 Å². The quantitative estimate of drug-likeness (QED) is 0.620. The summed E-state index contributed by atoms with van der Waals surface area (Å²) in [4.78, 5) is 17.4. The Labute approximate surface area is 181 Å². The lowest BCUT2D eigenvalue weighted by molar-refractivity contribution is -0.140. The van der Waals surface area contributed by atoms with Gasteiger partial charge in [0.1, 0.15) is 18.0 Å². The number of benzene rings is 1. The van der Waals surface area contributed by atoms with Crippen molar-refractivity contribution in [2.24, 2.45) is 0 Å². The van der Waals surface area contributed by atoms with Crippen LogP contribution in [-0.4, -0.2) is 60.6 Å². The highest BCUT2D eigenvalue weighted by atomic mass is 19.3. The van der Waals surface area contributed by atoms with Crippen molar-refractivity contribution in [3.05, 3.63) is 64.8 Å². The average molecular weight is 444 g/mol. The van der Waals surface area contributed by atoms with E-state index in [2.05, 4.69) is 10.1 Å². The molecule has 1 saturated heterocycles. The van der Waals surface area contributed by atoms with Crippen molar-refractivity contribution in [3.8, 4) is 11.3 Å². The fraction of sp³-hybridized carbons (Fsp3) is 0.381. The van der Waals surface area contributed by atoms with Crippen molar-refractivity contribution in [1.82, 2.24) is 24.2 Å². The first kappa shape index (κ1) is 20.7. The highest BCUT2D eigenvalue weighted by molar-refractivity contribution is 5.59. The number of nitrogen functional groups attached to an aromatic ring is 1. The van der Waals surface area contributed by atoms with E-state index in [0.29, 0.717) is 24.2 Å². The molecule has 0 bridgehead atoms. The molecule has 0 amide bonds. The van der Waals surface area contributed by atoms with Crippen LogP contribution in [0.25, 0.3) is 11.3 Å². The molecule has 9 nitrogen and oxygen atoms in total. The Bertz CT molecular complexity index is 1180. The van der Waals surface area contributed by atoms with E-state index in [1.807, 2.05) is 46.0 Å². The van der Waals surface area contributed by atoms with E-state index in [0.717, 1.165) is 23.1 Å². The Morgan fingerprint density at radius 1 is 1.22 bits per heavy atom. The molecule has 5 rings (SSSR count). The van der Waals surface area contributed by atoms with Crippen LogP contribution in [0, 0.1) is 0 Å². The van der Waals surface area contributed by atoms with Gasteiger partial charge in [-0.1, -0.05) is 30.3 Å². The number of fused-ring (bicyclic) bond motifs is 1. The third-order valence-electron chi connectivity index (χ3n) is 5.87. The van der Waals surface area contributed by atoms with Gasteiger partial charge in [-0.3, -0.25) is 14.1 Å². The number of aliphatic hydroxyl groups is 1. The van der Waals surface area contributed by atoms with Crippen LogP contribution >= 0.6 is 0 Å². The maximum absolute atomic E-state index is 14.8. The maximum Gasteiger partial charge on any atom is 0.351 e. The minimum absolute atomic E-state index is 0.0792. The Hall–Kier alpha value is -3.15. The number of anilines is 1. The molecular weight excluding hydrogens is 422 g/mol. The fourth-order valence-corrected chi connectivity index (χ4v) is 4.20. The molecule has 3 N–H and O–H groups in total. The molecule has 0 radical (unpaired) electrons. The van der Waals surface area contributed by atoms with Gasteiger partial charge in [0.25, 0.3) is 0 Å². The zero-order valence-corrected chi connectivity index (χ0v) is 17.0. The van der Waals surface area contributed by atoms with Gasteiger partial charge in [0.2, 0.25) is 6.23 Å². The van der Waals surface area contributed by atoms with Gasteiger partial charge in [-0.15, -0.1) is 0 Å². The second kappa shape index (κ2) is 7.76. The number of aromatic nitrogens is 4. The maximum atomic E-state index is 14.8. The highest BCUT2D eigenvalue weighted by Crippen LogP contribution is 2.42. The van der Waals surface area contributed by atoms with Crippen LogP contribution < -0.4 is 11.4 Å². The van der Waals surface area contributed by atoms with Crippen molar-refractivity contribution in [2.45, 2.75) is 37.4 Å². The van der Waals surface area contributed by atoms with Crippen LogP contribution in [-0.2, 0) is 17.8 Å². The largest absolute Gasteiger partial charge is 0.384 e. The smallest absolute Gasteiger partial charge is 0.351 e. The Kier molecular flexibility index (Phi) is 5.03. The lowest BCUT2D eigenvalue weighted by atomic mass is 10.1. The molecule has 0 saturated carbocycles. The normalized spacial score (nSPS) is 25.0. The van der Waals surface area contributed by atoms with E-state index < -0.39 is 30.0 Å². The number of hydrogen-bond donors (Lipinski definition) is 2. The second-order valence-corrected chi connectivity index (χ2v) is 8.03.